The van der Waals surface area contributed by atoms with Crippen LogP contribution in [0.3, 0.4) is 0 Å². The van der Waals surface area contributed by atoms with Gasteiger partial charge >= 0.3 is 0 Å². The molecular formula is C11H8O3. The highest BCUT2D eigenvalue weighted by molar-refractivity contribution is 6.51. The van der Waals surface area contributed by atoms with Crippen LogP contribution in [0, 0.1) is 5.92 Å². The summed E-state index contributed by atoms with van der Waals surface area (Å²) < 4.78 is 0. The fourth-order valence-electron chi connectivity index (χ4n) is 1.58. The molecule has 14 heavy (non-hydrogen) atoms. The van der Waals surface area contributed by atoms with Crippen LogP contribution in [0.2, 0.25) is 0 Å². The van der Waals surface area contributed by atoms with Crippen LogP contribution in [-0.4, -0.2) is 17.3 Å². The number of Topliss-reactive ketones (excluding diaryl/α,β-unsaturated/α-hetero) is 3. The molecular weight excluding hydrogens is 180 g/mol. The average molecular weight is 188 g/mol. The van der Waals surface area contributed by atoms with Crippen molar-refractivity contribution in [3.8, 4) is 0 Å². The molecule has 0 aromatic heterocycles. The van der Waals surface area contributed by atoms with Gasteiger partial charge in [-0.05, 0) is 6.92 Å². The van der Waals surface area contributed by atoms with Crippen LogP contribution >= 0.6 is 0 Å². The second-order valence-corrected chi connectivity index (χ2v) is 3.32. The summed E-state index contributed by atoms with van der Waals surface area (Å²) in [6.07, 6.45) is 0. The monoisotopic (exact) mass is 188 g/mol. The molecule has 3 nitrogen and oxygen atoms in total. The minimum atomic E-state index is -0.822. The van der Waals surface area contributed by atoms with Crippen LogP contribution in [0.1, 0.15) is 27.6 Å². The lowest BCUT2D eigenvalue weighted by atomic mass is 9.82. The Morgan fingerprint density at radius 2 is 1.50 bits per heavy atom. The number of hydrogen-bond acceptors (Lipinski definition) is 3. The third-order valence-electron chi connectivity index (χ3n) is 2.45. The van der Waals surface area contributed by atoms with Gasteiger partial charge in [0.1, 0.15) is 0 Å². The molecule has 2 rings (SSSR count). The zero-order valence-electron chi connectivity index (χ0n) is 7.61. The summed E-state index contributed by atoms with van der Waals surface area (Å²) in [4.78, 5) is 34.4. The molecule has 0 aliphatic heterocycles. The summed E-state index contributed by atoms with van der Waals surface area (Å²) >= 11 is 0. The fourth-order valence-corrected chi connectivity index (χ4v) is 1.58. The number of hydrogen-bond donors (Lipinski definition) is 0. The van der Waals surface area contributed by atoms with Crippen LogP contribution in [0.5, 0.6) is 0 Å². The normalized spacial score (nSPS) is 20.9. The molecule has 0 saturated heterocycles. The Balaban J connectivity index is 2.68. The molecule has 1 aromatic carbocycles. The van der Waals surface area contributed by atoms with Crippen molar-refractivity contribution in [2.24, 2.45) is 5.92 Å². The van der Waals surface area contributed by atoms with Gasteiger partial charge < -0.3 is 0 Å². The summed E-state index contributed by atoms with van der Waals surface area (Å²) in [6.45, 7) is 1.47. The molecule has 70 valence electrons. The van der Waals surface area contributed by atoms with E-state index in [1.807, 2.05) is 0 Å². The van der Waals surface area contributed by atoms with Crippen LogP contribution in [0.25, 0.3) is 0 Å². The number of rotatable bonds is 0. The first kappa shape index (κ1) is 8.81. The Morgan fingerprint density at radius 1 is 0.929 bits per heavy atom. The molecule has 1 aromatic rings. The molecule has 1 unspecified atom stereocenters. The molecule has 1 aliphatic rings. The van der Waals surface area contributed by atoms with Gasteiger partial charge in [0.25, 0.3) is 0 Å². The minimum Gasteiger partial charge on any atom is -0.293 e. The topological polar surface area (TPSA) is 51.2 Å². The first-order chi connectivity index (χ1) is 6.63. The maximum atomic E-state index is 11.6. The van der Waals surface area contributed by atoms with Crippen LogP contribution in [-0.2, 0) is 4.79 Å². The van der Waals surface area contributed by atoms with Crippen molar-refractivity contribution < 1.29 is 14.4 Å². The second-order valence-electron chi connectivity index (χ2n) is 3.32. The van der Waals surface area contributed by atoms with E-state index in [0.29, 0.717) is 5.56 Å². The zero-order valence-corrected chi connectivity index (χ0v) is 7.61. The highest BCUT2D eigenvalue weighted by Gasteiger charge is 2.36. The predicted molar refractivity (Wildman–Crippen MR) is 49.3 cm³/mol. The predicted octanol–water partition coefficient (Wildman–Crippen LogP) is 1.27. The van der Waals surface area contributed by atoms with Crippen molar-refractivity contribution in [3.63, 3.8) is 0 Å². The number of carbonyl (C=O) groups is 3. The summed E-state index contributed by atoms with van der Waals surface area (Å²) in [5.41, 5.74) is 0.602. The quantitative estimate of drug-likeness (QED) is 0.455. The van der Waals surface area contributed by atoms with Crippen LogP contribution < -0.4 is 0 Å². The van der Waals surface area contributed by atoms with E-state index in [0.717, 1.165) is 0 Å². The van der Waals surface area contributed by atoms with Crippen molar-refractivity contribution in [1.29, 1.82) is 0 Å². The van der Waals surface area contributed by atoms with Gasteiger partial charge in [-0.2, -0.15) is 0 Å². The lowest BCUT2D eigenvalue weighted by Crippen LogP contribution is -2.34. The molecule has 1 atom stereocenters. The second kappa shape index (κ2) is 2.87. The molecule has 0 saturated carbocycles. The van der Waals surface area contributed by atoms with E-state index in [2.05, 4.69) is 0 Å². The Labute approximate surface area is 80.7 Å². The number of fused-ring (bicyclic) bond motifs is 1. The Bertz CT molecular complexity index is 446. The molecule has 1 aliphatic carbocycles. The van der Waals surface area contributed by atoms with Crippen molar-refractivity contribution in [1.82, 2.24) is 0 Å². The van der Waals surface area contributed by atoms with E-state index in [1.165, 1.54) is 13.0 Å². The van der Waals surface area contributed by atoms with Gasteiger partial charge in [0, 0.05) is 11.1 Å². The van der Waals surface area contributed by atoms with Crippen molar-refractivity contribution in [3.05, 3.63) is 35.4 Å². The van der Waals surface area contributed by atoms with Crippen molar-refractivity contribution in [2.75, 3.05) is 0 Å². The molecule has 0 spiro atoms. The molecule has 0 fully saturated rings. The van der Waals surface area contributed by atoms with E-state index < -0.39 is 17.5 Å². The lowest BCUT2D eigenvalue weighted by molar-refractivity contribution is -0.117. The van der Waals surface area contributed by atoms with Crippen LogP contribution in [0.15, 0.2) is 24.3 Å². The maximum absolute atomic E-state index is 11.6. The summed E-state index contributed by atoms with van der Waals surface area (Å²) in [5, 5.41) is 0. The minimum absolute atomic E-state index is 0.237. The Kier molecular flexibility index (Phi) is 1.81. The van der Waals surface area contributed by atoms with Gasteiger partial charge in [-0.25, -0.2) is 0 Å². The van der Waals surface area contributed by atoms with Crippen molar-refractivity contribution in [2.45, 2.75) is 6.92 Å². The Morgan fingerprint density at radius 3 is 2.14 bits per heavy atom. The smallest absolute Gasteiger partial charge is 0.230 e. The largest absolute Gasteiger partial charge is 0.293 e. The first-order valence-corrected chi connectivity index (χ1v) is 4.34. The van der Waals surface area contributed by atoms with E-state index in [9.17, 15) is 14.4 Å². The first-order valence-electron chi connectivity index (χ1n) is 4.34. The third kappa shape index (κ3) is 1.02. The lowest BCUT2D eigenvalue weighted by Gasteiger charge is -2.17. The molecule has 0 N–H and O–H groups in total. The average Bonchev–Trinajstić information content (AvgIpc) is 2.23. The van der Waals surface area contributed by atoms with Crippen LogP contribution in [0.4, 0.5) is 0 Å². The van der Waals surface area contributed by atoms with Gasteiger partial charge in [0.15, 0.2) is 5.78 Å². The summed E-state index contributed by atoms with van der Waals surface area (Å²) in [6, 6.07) is 6.43. The molecule has 0 radical (unpaired) electrons. The number of benzene rings is 1. The highest BCUT2D eigenvalue weighted by atomic mass is 16.2. The van der Waals surface area contributed by atoms with Gasteiger partial charge in [-0.15, -0.1) is 0 Å². The number of carbonyl (C=O) groups excluding carboxylic acids is 3. The fraction of sp³-hybridized carbons (Fsp3) is 0.182. The summed E-state index contributed by atoms with van der Waals surface area (Å²) in [7, 11) is 0. The van der Waals surface area contributed by atoms with Gasteiger partial charge in [-0.3, -0.25) is 14.4 Å². The van der Waals surface area contributed by atoms with E-state index >= 15 is 0 Å². The van der Waals surface area contributed by atoms with E-state index in [1.54, 1.807) is 18.2 Å². The van der Waals surface area contributed by atoms with E-state index in [-0.39, 0.29) is 11.3 Å². The van der Waals surface area contributed by atoms with Crippen molar-refractivity contribution >= 4 is 17.3 Å². The maximum Gasteiger partial charge on any atom is 0.230 e. The highest BCUT2D eigenvalue weighted by Crippen LogP contribution is 2.22. The van der Waals surface area contributed by atoms with Gasteiger partial charge in [0.05, 0.1) is 5.92 Å². The molecule has 3 heteroatoms. The molecule has 0 amide bonds. The third-order valence-corrected chi connectivity index (χ3v) is 2.45. The SMILES string of the molecule is CC1C(=O)C(=O)c2ccccc2C1=O. The van der Waals surface area contributed by atoms with Gasteiger partial charge in [0.2, 0.25) is 11.6 Å². The van der Waals surface area contributed by atoms with Gasteiger partial charge in [-0.1, -0.05) is 24.3 Å². The summed E-state index contributed by atoms with van der Waals surface area (Å²) in [5.74, 6) is -2.23. The standard InChI is InChI=1S/C11H8O3/c1-6-9(12)7-4-2-3-5-8(7)11(14)10(6)13/h2-6H,1H3. The van der Waals surface area contributed by atoms with E-state index in [4.69, 9.17) is 0 Å². The molecule has 0 bridgehead atoms. The number of ketones is 3. The Hall–Kier alpha value is -1.77. The molecule has 0 heterocycles. The zero-order chi connectivity index (χ0) is 10.3.